The van der Waals surface area contributed by atoms with Crippen LogP contribution in [-0.2, 0) is 19.6 Å². The molecule has 0 aromatic carbocycles. The van der Waals surface area contributed by atoms with Crippen LogP contribution >= 0.6 is 22.9 Å². The molecule has 7 nitrogen and oxygen atoms in total. The number of carbonyl (C=O) groups excluding carboxylic acids is 1. The highest BCUT2D eigenvalue weighted by atomic mass is 35.5. The Morgan fingerprint density at radius 1 is 1.50 bits per heavy atom. The predicted octanol–water partition coefficient (Wildman–Crippen LogP) is 0.00840. The SMILES string of the molecule is NC(=O)CC(NS(=O)(=O)c1ccc(Cl)s1)C(=O)O. The van der Waals surface area contributed by atoms with E-state index in [4.69, 9.17) is 22.4 Å². The summed E-state index contributed by atoms with van der Waals surface area (Å²) in [5, 5.41) is 8.78. The molecule has 100 valence electrons. The van der Waals surface area contributed by atoms with Gasteiger partial charge in [-0.25, -0.2) is 8.42 Å². The molecule has 1 heterocycles. The van der Waals surface area contributed by atoms with Crippen LogP contribution in [-0.4, -0.2) is 31.4 Å². The summed E-state index contributed by atoms with van der Waals surface area (Å²) in [6.45, 7) is 0. The molecular weight excluding hydrogens is 304 g/mol. The summed E-state index contributed by atoms with van der Waals surface area (Å²) in [4.78, 5) is 21.4. The van der Waals surface area contributed by atoms with E-state index in [9.17, 15) is 18.0 Å². The van der Waals surface area contributed by atoms with Crippen molar-refractivity contribution in [2.75, 3.05) is 0 Å². The number of sulfonamides is 1. The van der Waals surface area contributed by atoms with Crippen LogP contribution in [0.25, 0.3) is 0 Å². The van der Waals surface area contributed by atoms with Gasteiger partial charge in [0.2, 0.25) is 5.91 Å². The summed E-state index contributed by atoms with van der Waals surface area (Å²) < 4.78 is 25.5. The maximum atomic E-state index is 11.8. The molecule has 0 saturated carbocycles. The van der Waals surface area contributed by atoms with E-state index in [1.165, 1.54) is 12.1 Å². The Morgan fingerprint density at radius 3 is 2.50 bits per heavy atom. The zero-order valence-electron chi connectivity index (χ0n) is 8.79. The molecular formula is C8H9ClN2O5S2. The quantitative estimate of drug-likeness (QED) is 0.682. The van der Waals surface area contributed by atoms with Crippen molar-refractivity contribution < 1.29 is 23.1 Å². The van der Waals surface area contributed by atoms with E-state index in [0.717, 1.165) is 11.3 Å². The van der Waals surface area contributed by atoms with Crippen molar-refractivity contribution in [2.24, 2.45) is 5.73 Å². The minimum absolute atomic E-state index is 0.136. The number of nitrogens with two attached hydrogens (primary N) is 1. The van der Waals surface area contributed by atoms with Crippen LogP contribution in [0.1, 0.15) is 6.42 Å². The number of carboxylic acids is 1. The summed E-state index contributed by atoms with van der Waals surface area (Å²) in [5.41, 5.74) is 4.84. The van der Waals surface area contributed by atoms with Gasteiger partial charge in [0.25, 0.3) is 10.0 Å². The van der Waals surface area contributed by atoms with Gasteiger partial charge in [-0.15, -0.1) is 11.3 Å². The van der Waals surface area contributed by atoms with Gasteiger partial charge in [-0.2, -0.15) is 4.72 Å². The fraction of sp³-hybridized carbons (Fsp3) is 0.250. The van der Waals surface area contributed by atoms with E-state index in [-0.39, 0.29) is 8.55 Å². The first-order valence-electron chi connectivity index (χ1n) is 4.51. The average molecular weight is 313 g/mol. The third kappa shape index (κ3) is 3.95. The van der Waals surface area contributed by atoms with E-state index < -0.39 is 34.4 Å². The summed E-state index contributed by atoms with van der Waals surface area (Å²) in [7, 11) is -4.03. The van der Waals surface area contributed by atoms with E-state index in [1.807, 2.05) is 4.72 Å². The van der Waals surface area contributed by atoms with E-state index in [1.54, 1.807) is 0 Å². The monoisotopic (exact) mass is 312 g/mol. The van der Waals surface area contributed by atoms with Crippen molar-refractivity contribution >= 4 is 44.8 Å². The number of hydrogen-bond acceptors (Lipinski definition) is 5. The van der Waals surface area contributed by atoms with Crippen LogP contribution in [0, 0.1) is 0 Å². The summed E-state index contributed by atoms with van der Waals surface area (Å²) in [6, 6.07) is 0.997. The van der Waals surface area contributed by atoms with Gasteiger partial charge in [-0.3, -0.25) is 9.59 Å². The predicted molar refractivity (Wildman–Crippen MR) is 64.9 cm³/mol. The fourth-order valence-electron chi connectivity index (χ4n) is 1.07. The second kappa shape index (κ2) is 5.65. The number of rotatable bonds is 6. The van der Waals surface area contributed by atoms with Crippen LogP contribution in [0.15, 0.2) is 16.3 Å². The molecule has 0 bridgehead atoms. The summed E-state index contributed by atoms with van der Waals surface area (Å²) >= 11 is 6.36. The van der Waals surface area contributed by atoms with Gasteiger partial charge in [-0.1, -0.05) is 11.6 Å². The number of nitrogens with one attached hydrogen (secondary N) is 1. The van der Waals surface area contributed by atoms with Crippen LogP contribution < -0.4 is 10.5 Å². The van der Waals surface area contributed by atoms with Crippen LogP contribution in [0.5, 0.6) is 0 Å². The first-order valence-corrected chi connectivity index (χ1v) is 7.19. The Kier molecular flexibility index (Phi) is 4.68. The van der Waals surface area contributed by atoms with Crippen molar-refractivity contribution in [2.45, 2.75) is 16.7 Å². The lowest BCUT2D eigenvalue weighted by molar-refractivity contribution is -0.140. The Labute approximate surface area is 112 Å². The molecule has 1 amide bonds. The Balaban J connectivity index is 2.93. The Hall–Kier alpha value is -1.16. The minimum Gasteiger partial charge on any atom is -0.480 e. The molecule has 0 aliphatic heterocycles. The summed E-state index contributed by atoms with van der Waals surface area (Å²) in [6.07, 6.45) is -0.631. The number of halogens is 1. The van der Waals surface area contributed by atoms with E-state index >= 15 is 0 Å². The second-order valence-electron chi connectivity index (χ2n) is 3.24. The zero-order valence-corrected chi connectivity index (χ0v) is 11.2. The van der Waals surface area contributed by atoms with Gasteiger partial charge in [0.15, 0.2) is 0 Å². The third-order valence-electron chi connectivity index (χ3n) is 1.81. The van der Waals surface area contributed by atoms with Crippen molar-refractivity contribution in [1.82, 2.24) is 4.72 Å². The zero-order chi connectivity index (χ0) is 13.9. The average Bonchev–Trinajstić information content (AvgIpc) is 2.63. The van der Waals surface area contributed by atoms with Crippen molar-refractivity contribution in [3.8, 4) is 0 Å². The van der Waals surface area contributed by atoms with Gasteiger partial charge in [-0.05, 0) is 12.1 Å². The third-order valence-corrected chi connectivity index (χ3v) is 5.01. The normalized spacial score (nSPS) is 13.2. The van der Waals surface area contributed by atoms with Gasteiger partial charge >= 0.3 is 5.97 Å². The van der Waals surface area contributed by atoms with E-state index in [2.05, 4.69) is 0 Å². The lowest BCUT2D eigenvalue weighted by atomic mass is 10.2. The maximum Gasteiger partial charge on any atom is 0.322 e. The number of carbonyl (C=O) groups is 2. The highest BCUT2D eigenvalue weighted by Crippen LogP contribution is 2.25. The van der Waals surface area contributed by atoms with Gasteiger partial charge in [0, 0.05) is 0 Å². The molecule has 1 aromatic rings. The number of carboxylic acid groups (broad SMARTS) is 1. The highest BCUT2D eigenvalue weighted by molar-refractivity contribution is 7.91. The molecule has 1 atom stereocenters. The van der Waals surface area contributed by atoms with Gasteiger partial charge in [0.1, 0.15) is 10.3 Å². The van der Waals surface area contributed by atoms with Crippen LogP contribution in [0.4, 0.5) is 0 Å². The van der Waals surface area contributed by atoms with Crippen LogP contribution in [0.3, 0.4) is 0 Å². The Bertz CT molecular complexity index is 568. The maximum absolute atomic E-state index is 11.8. The number of amides is 1. The van der Waals surface area contributed by atoms with Gasteiger partial charge in [0.05, 0.1) is 10.8 Å². The lowest BCUT2D eigenvalue weighted by Crippen LogP contribution is -2.43. The molecule has 18 heavy (non-hydrogen) atoms. The molecule has 1 unspecified atom stereocenters. The number of primary amides is 1. The molecule has 0 spiro atoms. The standard InChI is InChI=1S/C8H9ClN2O5S2/c9-5-1-2-7(17-5)18(15,16)11-4(8(13)14)3-6(10)12/h1-2,4,11H,3H2,(H2,10,12)(H,13,14). The van der Waals surface area contributed by atoms with Crippen molar-refractivity contribution in [1.29, 1.82) is 0 Å². The first kappa shape index (κ1) is 14.9. The molecule has 4 N–H and O–H groups in total. The second-order valence-corrected chi connectivity index (χ2v) is 6.90. The summed E-state index contributed by atoms with van der Waals surface area (Å²) in [5.74, 6) is -2.41. The molecule has 0 aliphatic rings. The minimum atomic E-state index is -4.03. The van der Waals surface area contributed by atoms with Crippen molar-refractivity contribution in [3.05, 3.63) is 16.5 Å². The molecule has 1 rings (SSSR count). The number of hydrogen-bond donors (Lipinski definition) is 3. The molecule has 1 aromatic heterocycles. The molecule has 0 saturated heterocycles. The Morgan fingerprint density at radius 2 is 2.11 bits per heavy atom. The van der Waals surface area contributed by atoms with Gasteiger partial charge < -0.3 is 10.8 Å². The topological polar surface area (TPSA) is 127 Å². The smallest absolute Gasteiger partial charge is 0.322 e. The molecule has 0 radical (unpaired) electrons. The van der Waals surface area contributed by atoms with Crippen molar-refractivity contribution in [3.63, 3.8) is 0 Å². The lowest BCUT2D eigenvalue weighted by Gasteiger charge is -2.11. The first-order chi connectivity index (χ1) is 8.22. The number of aliphatic carboxylic acids is 1. The molecule has 10 heteroatoms. The van der Waals surface area contributed by atoms with Crippen LogP contribution in [0.2, 0.25) is 4.34 Å². The highest BCUT2D eigenvalue weighted by Gasteiger charge is 2.27. The number of thiophene rings is 1. The molecule has 0 fully saturated rings. The molecule has 0 aliphatic carbocycles. The largest absolute Gasteiger partial charge is 0.480 e. The van der Waals surface area contributed by atoms with E-state index in [0.29, 0.717) is 0 Å². The fourth-order valence-corrected chi connectivity index (χ4v) is 3.76.